The smallest absolute Gasteiger partial charge is 0.410 e. The van der Waals surface area contributed by atoms with Crippen molar-refractivity contribution in [1.82, 2.24) is 9.88 Å². The molecule has 6 nitrogen and oxygen atoms in total. The molecule has 2 fully saturated rings. The van der Waals surface area contributed by atoms with Crippen LogP contribution >= 0.6 is 0 Å². The quantitative estimate of drug-likeness (QED) is 0.797. The Morgan fingerprint density at radius 2 is 2.04 bits per heavy atom. The minimum absolute atomic E-state index is 0.170. The van der Waals surface area contributed by atoms with Crippen molar-refractivity contribution in [3.05, 3.63) is 36.0 Å². The standard InChI is InChI=1S/C22H28N2O4/c1-21(2,3)28-20(26)24-8-6-22(7-9-24)12-17(14-27-22)16-10-15-11-18(25)4-5-19(15)23-13-16/h4-5,10-11,13,17,25H,6-9,12,14H2,1-3H3. The molecule has 4 rings (SSSR count). The van der Waals surface area contributed by atoms with Gasteiger partial charge in [-0.05, 0) is 69.9 Å². The third-order valence-corrected chi connectivity index (χ3v) is 5.69. The van der Waals surface area contributed by atoms with Crippen LogP contribution < -0.4 is 0 Å². The van der Waals surface area contributed by atoms with E-state index in [-0.39, 0.29) is 23.4 Å². The minimum Gasteiger partial charge on any atom is -0.508 e. The molecular formula is C22H28N2O4. The number of pyridine rings is 1. The molecule has 2 aliphatic rings. The van der Waals surface area contributed by atoms with Crippen molar-refractivity contribution in [2.45, 2.75) is 57.2 Å². The average molecular weight is 384 g/mol. The van der Waals surface area contributed by atoms with Gasteiger partial charge in [0.15, 0.2) is 0 Å². The first-order chi connectivity index (χ1) is 13.2. The number of phenols is 1. The fraction of sp³-hybridized carbons (Fsp3) is 0.545. The summed E-state index contributed by atoms with van der Waals surface area (Å²) in [5.41, 5.74) is 1.38. The number of carbonyl (C=O) groups is 1. The van der Waals surface area contributed by atoms with Gasteiger partial charge in [0.25, 0.3) is 0 Å². The van der Waals surface area contributed by atoms with Gasteiger partial charge >= 0.3 is 6.09 Å². The third-order valence-electron chi connectivity index (χ3n) is 5.69. The topological polar surface area (TPSA) is 71.9 Å². The van der Waals surface area contributed by atoms with E-state index in [1.54, 1.807) is 17.0 Å². The van der Waals surface area contributed by atoms with Crippen molar-refractivity contribution in [3.8, 4) is 5.75 Å². The zero-order chi connectivity index (χ0) is 19.9. The van der Waals surface area contributed by atoms with Crippen molar-refractivity contribution in [2.75, 3.05) is 19.7 Å². The largest absolute Gasteiger partial charge is 0.508 e. The number of amides is 1. The van der Waals surface area contributed by atoms with Gasteiger partial charge in [-0.15, -0.1) is 0 Å². The van der Waals surface area contributed by atoms with Crippen LogP contribution in [-0.4, -0.2) is 52.0 Å². The molecule has 1 aromatic heterocycles. The van der Waals surface area contributed by atoms with E-state index in [0.29, 0.717) is 19.7 Å². The maximum Gasteiger partial charge on any atom is 0.410 e. The van der Waals surface area contributed by atoms with Gasteiger partial charge in [0.2, 0.25) is 0 Å². The van der Waals surface area contributed by atoms with Crippen molar-refractivity contribution in [1.29, 1.82) is 0 Å². The molecule has 1 N–H and O–H groups in total. The molecule has 2 saturated heterocycles. The maximum absolute atomic E-state index is 12.3. The Bertz CT molecular complexity index is 882. The average Bonchev–Trinajstić information content (AvgIpc) is 3.04. The highest BCUT2D eigenvalue weighted by Gasteiger charge is 2.44. The zero-order valence-electron chi connectivity index (χ0n) is 16.8. The predicted octanol–water partition coefficient (Wildman–Crippen LogP) is 4.21. The van der Waals surface area contributed by atoms with E-state index in [9.17, 15) is 9.90 Å². The molecule has 1 atom stereocenters. The molecular weight excluding hydrogens is 356 g/mol. The first-order valence-electron chi connectivity index (χ1n) is 9.94. The Kier molecular flexibility index (Phi) is 4.70. The van der Waals surface area contributed by atoms with Gasteiger partial charge in [0.1, 0.15) is 11.4 Å². The van der Waals surface area contributed by atoms with Crippen LogP contribution in [0.2, 0.25) is 0 Å². The molecule has 6 heteroatoms. The lowest BCUT2D eigenvalue weighted by Crippen LogP contribution is -2.47. The minimum atomic E-state index is -0.474. The molecule has 2 aliphatic heterocycles. The van der Waals surface area contributed by atoms with Crippen LogP contribution in [0.5, 0.6) is 5.75 Å². The maximum atomic E-state index is 12.3. The first kappa shape index (κ1) is 19.0. The summed E-state index contributed by atoms with van der Waals surface area (Å²) in [5.74, 6) is 0.535. The lowest BCUT2D eigenvalue weighted by Gasteiger charge is -2.39. The highest BCUT2D eigenvalue weighted by atomic mass is 16.6. The van der Waals surface area contributed by atoms with Crippen molar-refractivity contribution >= 4 is 17.0 Å². The number of fused-ring (bicyclic) bond motifs is 1. The Morgan fingerprint density at radius 1 is 1.29 bits per heavy atom. The number of aromatic nitrogens is 1. The molecule has 0 bridgehead atoms. The lowest BCUT2D eigenvalue weighted by atomic mass is 9.83. The van der Waals surface area contributed by atoms with Crippen LogP contribution in [-0.2, 0) is 9.47 Å². The molecule has 1 unspecified atom stereocenters. The molecule has 2 aromatic rings. The molecule has 0 aliphatic carbocycles. The monoisotopic (exact) mass is 384 g/mol. The van der Waals surface area contributed by atoms with E-state index in [2.05, 4.69) is 11.1 Å². The van der Waals surface area contributed by atoms with Crippen LogP contribution in [0.3, 0.4) is 0 Å². The van der Waals surface area contributed by atoms with Gasteiger partial charge in [-0.1, -0.05) is 0 Å². The fourth-order valence-electron chi connectivity index (χ4n) is 4.19. The fourth-order valence-corrected chi connectivity index (χ4v) is 4.19. The summed E-state index contributed by atoms with van der Waals surface area (Å²) in [6, 6.07) is 7.33. The van der Waals surface area contributed by atoms with E-state index < -0.39 is 5.60 Å². The number of likely N-dealkylation sites (tertiary alicyclic amines) is 1. The molecule has 0 saturated carbocycles. The second-order valence-corrected chi connectivity index (χ2v) is 9.01. The highest BCUT2D eigenvalue weighted by Crippen LogP contribution is 2.43. The summed E-state index contributed by atoms with van der Waals surface area (Å²) in [4.78, 5) is 18.6. The normalized spacial score (nSPS) is 22.0. The number of phenolic OH excluding ortho intramolecular Hbond substituents is 1. The summed E-state index contributed by atoms with van der Waals surface area (Å²) in [5, 5.41) is 10.7. The Morgan fingerprint density at radius 3 is 2.75 bits per heavy atom. The summed E-state index contributed by atoms with van der Waals surface area (Å²) in [6.07, 6.45) is 4.26. The van der Waals surface area contributed by atoms with E-state index in [0.717, 1.165) is 35.7 Å². The number of benzene rings is 1. The van der Waals surface area contributed by atoms with Crippen LogP contribution in [0.25, 0.3) is 10.9 Å². The van der Waals surface area contributed by atoms with Crippen LogP contribution in [0.4, 0.5) is 4.79 Å². The van der Waals surface area contributed by atoms with Crippen molar-refractivity contribution in [3.63, 3.8) is 0 Å². The second-order valence-electron chi connectivity index (χ2n) is 9.01. The molecule has 28 heavy (non-hydrogen) atoms. The van der Waals surface area contributed by atoms with Crippen molar-refractivity contribution < 1.29 is 19.4 Å². The number of ether oxygens (including phenoxy) is 2. The Labute approximate surface area is 165 Å². The summed E-state index contributed by atoms with van der Waals surface area (Å²) >= 11 is 0. The van der Waals surface area contributed by atoms with Gasteiger partial charge in [0, 0.05) is 30.6 Å². The van der Waals surface area contributed by atoms with Crippen LogP contribution in [0, 0.1) is 0 Å². The summed E-state index contributed by atoms with van der Waals surface area (Å²) in [6.45, 7) is 7.64. The number of nitrogens with zero attached hydrogens (tertiary/aromatic N) is 2. The number of piperidine rings is 1. The molecule has 1 amide bonds. The van der Waals surface area contributed by atoms with Crippen LogP contribution in [0.1, 0.15) is 51.5 Å². The number of aromatic hydroxyl groups is 1. The van der Waals surface area contributed by atoms with Gasteiger partial charge in [-0.3, -0.25) is 4.98 Å². The van der Waals surface area contributed by atoms with E-state index in [1.165, 1.54) is 0 Å². The number of hydrogen-bond acceptors (Lipinski definition) is 5. The molecule has 1 spiro atoms. The summed E-state index contributed by atoms with van der Waals surface area (Å²) < 4.78 is 11.7. The van der Waals surface area contributed by atoms with Gasteiger partial charge in [-0.25, -0.2) is 4.79 Å². The van der Waals surface area contributed by atoms with Crippen molar-refractivity contribution in [2.24, 2.45) is 0 Å². The number of hydrogen-bond donors (Lipinski definition) is 1. The number of rotatable bonds is 1. The lowest BCUT2D eigenvalue weighted by molar-refractivity contribution is -0.0485. The second kappa shape index (κ2) is 6.92. The molecule has 1 aromatic carbocycles. The highest BCUT2D eigenvalue weighted by molar-refractivity contribution is 5.80. The van der Waals surface area contributed by atoms with Gasteiger partial charge in [-0.2, -0.15) is 0 Å². The molecule has 3 heterocycles. The Hall–Kier alpha value is -2.34. The van der Waals surface area contributed by atoms with E-state index in [1.807, 2.05) is 33.0 Å². The Balaban J connectivity index is 1.41. The SMILES string of the molecule is CC(C)(C)OC(=O)N1CCC2(CC1)CC(c1cnc3ccc(O)cc3c1)CO2. The van der Waals surface area contributed by atoms with Crippen LogP contribution in [0.15, 0.2) is 30.5 Å². The zero-order valence-corrected chi connectivity index (χ0v) is 16.8. The molecule has 0 radical (unpaired) electrons. The molecule has 150 valence electrons. The van der Waals surface area contributed by atoms with E-state index >= 15 is 0 Å². The van der Waals surface area contributed by atoms with Gasteiger partial charge < -0.3 is 19.5 Å². The van der Waals surface area contributed by atoms with E-state index in [4.69, 9.17) is 9.47 Å². The first-order valence-corrected chi connectivity index (χ1v) is 9.94. The van der Waals surface area contributed by atoms with Gasteiger partial charge in [0.05, 0.1) is 17.7 Å². The predicted molar refractivity (Wildman–Crippen MR) is 106 cm³/mol. The summed E-state index contributed by atoms with van der Waals surface area (Å²) in [7, 11) is 0. The third kappa shape index (κ3) is 3.92. The number of carbonyl (C=O) groups excluding carboxylic acids is 1.